The fraction of sp³-hybridized carbons (Fsp3) is 0.333. The summed E-state index contributed by atoms with van der Waals surface area (Å²) in [5, 5.41) is 21.4. The van der Waals surface area contributed by atoms with Crippen LogP contribution in [0, 0.1) is 5.92 Å². The minimum atomic E-state index is -3.70. The monoisotopic (exact) mass is 435 g/mol. The molecule has 1 amide bonds. The van der Waals surface area contributed by atoms with E-state index < -0.39 is 37.0 Å². The van der Waals surface area contributed by atoms with Crippen LogP contribution in [0.5, 0.6) is 5.75 Å². The highest BCUT2D eigenvalue weighted by Crippen LogP contribution is 2.45. The molecule has 2 aromatic rings. The van der Waals surface area contributed by atoms with Gasteiger partial charge in [0.15, 0.2) is 5.78 Å². The molecule has 0 spiro atoms. The number of phenolic OH excluding ortho intramolecular Hbond substituents is 1. The lowest BCUT2D eigenvalue weighted by atomic mass is 9.99. The zero-order valence-corrected chi connectivity index (χ0v) is 17.7. The Morgan fingerprint density at radius 2 is 1.60 bits per heavy atom. The molecule has 0 aliphatic heterocycles. The molecule has 0 heterocycles. The number of carbonyl (C=O) groups is 2. The smallest absolute Gasteiger partial charge is 0.326 e. The Balaban J connectivity index is 2.20. The van der Waals surface area contributed by atoms with Crippen LogP contribution in [0.25, 0.3) is 0 Å². The van der Waals surface area contributed by atoms with E-state index in [0.29, 0.717) is 5.56 Å². The summed E-state index contributed by atoms with van der Waals surface area (Å²) < 4.78 is 12.5. The van der Waals surface area contributed by atoms with Crippen LogP contribution in [-0.4, -0.2) is 45.0 Å². The predicted octanol–water partition coefficient (Wildman–Crippen LogP) is 1.22. The van der Waals surface area contributed by atoms with Crippen molar-refractivity contribution in [2.24, 2.45) is 5.92 Å². The van der Waals surface area contributed by atoms with Gasteiger partial charge in [-0.15, -0.1) is 0 Å². The lowest BCUT2D eigenvalue weighted by Gasteiger charge is -2.23. The molecule has 0 fully saturated rings. The summed E-state index contributed by atoms with van der Waals surface area (Å²) in [6.45, 7) is 1.52. The number of aromatic hydroxyl groups is 1. The Labute approximate surface area is 175 Å². The summed E-state index contributed by atoms with van der Waals surface area (Å²) >= 11 is 0. The summed E-state index contributed by atoms with van der Waals surface area (Å²) in [7, 11) is -3.70. The summed E-state index contributed by atoms with van der Waals surface area (Å²) in [5.74, 6) is -3.39. The number of rotatable bonds is 10. The second-order valence-corrected chi connectivity index (χ2v) is 10.2. The van der Waals surface area contributed by atoms with Gasteiger partial charge in [0.25, 0.3) is 7.37 Å². The number of carboxylic acids is 1. The van der Waals surface area contributed by atoms with Crippen molar-refractivity contribution in [1.29, 1.82) is 0 Å². The maximum Gasteiger partial charge on any atom is 0.326 e. The highest BCUT2D eigenvalue weighted by Gasteiger charge is 2.35. The molecule has 30 heavy (non-hydrogen) atoms. The first-order valence-corrected chi connectivity index (χ1v) is 11.5. The van der Waals surface area contributed by atoms with Gasteiger partial charge >= 0.3 is 5.97 Å². The highest BCUT2D eigenvalue weighted by atomic mass is 31.2. The van der Waals surface area contributed by atoms with Gasteiger partial charge in [0, 0.05) is 12.6 Å². The standard InChI is InChI=1S/C21H27N2O6P/c1-14(22)30(28,29)13-17(11-15-5-3-2-4-6-15)20(25)23-19(21(26)27)12-16-7-9-18(24)10-8-16/h2-10,14,17,19,24H,11-13,22H2,1H3,(H,23,25)(H,26,27)(H,28,29)/p+1/t14-,17-,19+/m1/s1. The first-order valence-electron chi connectivity index (χ1n) is 9.58. The number of phenols is 1. The molecular weight excluding hydrogens is 407 g/mol. The van der Waals surface area contributed by atoms with Gasteiger partial charge in [-0.25, -0.2) is 4.79 Å². The van der Waals surface area contributed by atoms with Crippen molar-refractivity contribution in [2.75, 3.05) is 6.16 Å². The van der Waals surface area contributed by atoms with E-state index in [-0.39, 0.29) is 24.8 Å². The number of nitrogens with one attached hydrogen (secondary N) is 1. The van der Waals surface area contributed by atoms with E-state index in [0.717, 1.165) is 5.56 Å². The van der Waals surface area contributed by atoms with Gasteiger partial charge in [-0.2, -0.15) is 0 Å². The summed E-state index contributed by atoms with van der Waals surface area (Å²) in [6.07, 6.45) is -0.0681. The third-order valence-corrected chi connectivity index (χ3v) is 7.20. The van der Waals surface area contributed by atoms with Gasteiger partial charge in [0.05, 0.1) is 5.92 Å². The number of hydrogen-bond donors (Lipinski definition) is 5. The van der Waals surface area contributed by atoms with Gasteiger partial charge in [-0.05, 0) is 36.6 Å². The molecule has 2 rings (SSSR count). The molecule has 0 aliphatic carbocycles. The molecule has 2 aromatic carbocycles. The lowest BCUT2D eigenvalue weighted by Crippen LogP contribution is -2.59. The maximum atomic E-state index is 12.9. The van der Waals surface area contributed by atoms with Crippen molar-refractivity contribution >= 4 is 19.2 Å². The molecule has 4 atom stereocenters. The Kier molecular flexibility index (Phi) is 8.17. The van der Waals surface area contributed by atoms with Crippen LogP contribution in [0.15, 0.2) is 54.6 Å². The summed E-state index contributed by atoms with van der Waals surface area (Å²) in [5.41, 5.74) is 5.05. The molecule has 0 aliphatic rings. The molecule has 0 aromatic heterocycles. The molecule has 0 radical (unpaired) electrons. The van der Waals surface area contributed by atoms with E-state index in [9.17, 15) is 29.3 Å². The van der Waals surface area contributed by atoms with Crippen molar-refractivity contribution in [3.8, 4) is 5.75 Å². The Morgan fingerprint density at radius 3 is 2.13 bits per heavy atom. The Bertz CT molecular complexity index is 901. The first kappa shape index (κ1) is 23.6. The molecule has 9 heteroatoms. The number of hydrogen-bond acceptors (Lipinski definition) is 4. The summed E-state index contributed by atoms with van der Waals surface area (Å²) in [6, 6.07) is 13.9. The highest BCUT2D eigenvalue weighted by molar-refractivity contribution is 7.58. The van der Waals surface area contributed by atoms with E-state index in [1.54, 1.807) is 36.4 Å². The fourth-order valence-corrected chi connectivity index (χ4v) is 4.28. The number of benzene rings is 2. The van der Waals surface area contributed by atoms with Gasteiger partial charge in [0.1, 0.15) is 11.8 Å². The minimum Gasteiger partial charge on any atom is -0.508 e. The Hall–Kier alpha value is -2.67. The van der Waals surface area contributed by atoms with Crippen LogP contribution >= 0.6 is 7.37 Å². The molecule has 0 bridgehead atoms. The van der Waals surface area contributed by atoms with E-state index in [1.807, 2.05) is 6.07 Å². The van der Waals surface area contributed by atoms with Crippen LogP contribution in [0.3, 0.4) is 0 Å². The third kappa shape index (κ3) is 6.99. The number of amides is 1. The van der Waals surface area contributed by atoms with Crippen LogP contribution in [-0.2, 0) is 27.0 Å². The summed E-state index contributed by atoms with van der Waals surface area (Å²) in [4.78, 5) is 34.9. The average Bonchev–Trinajstić information content (AvgIpc) is 2.69. The van der Waals surface area contributed by atoms with E-state index in [4.69, 9.17) is 0 Å². The van der Waals surface area contributed by atoms with Crippen LogP contribution in [0.1, 0.15) is 18.1 Å². The maximum absolute atomic E-state index is 12.9. The SMILES string of the molecule is C[C@H]([NH3+])P(=O)(O)C[C@@H](Cc1ccccc1)C(=O)N[C@@H](Cc1ccc(O)cc1)C(=O)O. The topological polar surface area (TPSA) is 152 Å². The minimum absolute atomic E-state index is 0.0158. The van der Waals surface area contributed by atoms with Crippen molar-refractivity contribution in [2.45, 2.75) is 31.6 Å². The van der Waals surface area contributed by atoms with Gasteiger partial charge in [-0.1, -0.05) is 42.5 Å². The number of quaternary nitrogens is 1. The van der Waals surface area contributed by atoms with Crippen molar-refractivity contribution < 1.29 is 35.0 Å². The lowest BCUT2D eigenvalue weighted by molar-refractivity contribution is -0.385. The van der Waals surface area contributed by atoms with Crippen LogP contribution in [0.2, 0.25) is 0 Å². The normalized spacial score (nSPS) is 16.1. The molecular formula is C21H28N2O6P+. The Morgan fingerprint density at radius 1 is 1.03 bits per heavy atom. The number of aliphatic carboxylic acids is 1. The van der Waals surface area contributed by atoms with Gasteiger partial charge < -0.3 is 26.2 Å². The van der Waals surface area contributed by atoms with Crippen LogP contribution in [0.4, 0.5) is 0 Å². The zero-order chi connectivity index (χ0) is 22.3. The molecule has 7 N–H and O–H groups in total. The quantitative estimate of drug-likeness (QED) is 0.354. The third-order valence-electron chi connectivity index (χ3n) is 4.86. The van der Waals surface area contributed by atoms with Crippen molar-refractivity contribution in [3.05, 3.63) is 65.7 Å². The molecule has 0 saturated heterocycles. The second-order valence-electron chi connectivity index (χ2n) is 7.44. The van der Waals surface area contributed by atoms with Crippen molar-refractivity contribution in [3.63, 3.8) is 0 Å². The number of carbonyl (C=O) groups excluding carboxylic acids is 1. The molecule has 8 nitrogen and oxygen atoms in total. The first-order chi connectivity index (χ1) is 14.1. The average molecular weight is 435 g/mol. The van der Waals surface area contributed by atoms with Gasteiger partial charge in [-0.3, -0.25) is 9.36 Å². The molecule has 1 unspecified atom stereocenters. The second kappa shape index (κ2) is 10.4. The van der Waals surface area contributed by atoms with Crippen molar-refractivity contribution in [1.82, 2.24) is 5.32 Å². The largest absolute Gasteiger partial charge is 0.508 e. The predicted molar refractivity (Wildman–Crippen MR) is 112 cm³/mol. The number of carboxylic acid groups (broad SMARTS) is 1. The van der Waals surface area contributed by atoms with E-state index in [1.165, 1.54) is 19.1 Å². The van der Waals surface area contributed by atoms with E-state index in [2.05, 4.69) is 11.1 Å². The fourth-order valence-electron chi connectivity index (χ4n) is 2.99. The molecule has 0 saturated carbocycles. The van der Waals surface area contributed by atoms with Crippen LogP contribution < -0.4 is 11.1 Å². The zero-order valence-electron chi connectivity index (χ0n) is 16.8. The van der Waals surface area contributed by atoms with Gasteiger partial charge in [0.2, 0.25) is 5.91 Å². The van der Waals surface area contributed by atoms with E-state index >= 15 is 0 Å². The molecule has 162 valence electrons.